The van der Waals surface area contributed by atoms with Crippen molar-refractivity contribution in [2.24, 2.45) is 0 Å². The molecule has 0 saturated carbocycles. The topological polar surface area (TPSA) is 25.8 Å². The molecule has 0 fully saturated rings. The Morgan fingerprint density at radius 2 is 1.04 bits per heavy atom. The zero-order chi connectivity index (χ0) is 18.2. The van der Waals surface area contributed by atoms with E-state index < -0.39 is 0 Å². The van der Waals surface area contributed by atoms with Crippen LogP contribution >= 0.6 is 0 Å². The van der Waals surface area contributed by atoms with Gasteiger partial charge in [0.05, 0.1) is 23.8 Å². The molecule has 26 heavy (non-hydrogen) atoms. The molecule has 1 heterocycles. The average molecular weight is 345 g/mol. The summed E-state index contributed by atoms with van der Waals surface area (Å²) in [7, 11) is 0. The lowest BCUT2D eigenvalue weighted by Crippen LogP contribution is -1.96. The van der Waals surface area contributed by atoms with Gasteiger partial charge in [-0.1, -0.05) is 75.2 Å². The van der Waals surface area contributed by atoms with Crippen LogP contribution in [0.15, 0.2) is 60.9 Å². The van der Waals surface area contributed by atoms with Crippen molar-refractivity contribution in [3.63, 3.8) is 0 Å². The zero-order valence-electron chi connectivity index (χ0n) is 15.9. The molecule has 0 spiro atoms. The molecule has 0 N–H and O–H groups in total. The Morgan fingerprint density at radius 3 is 1.42 bits per heavy atom. The number of rotatable bonds is 8. The molecule has 3 rings (SSSR count). The van der Waals surface area contributed by atoms with Gasteiger partial charge in [0.15, 0.2) is 0 Å². The molecule has 3 aromatic rings. The van der Waals surface area contributed by atoms with Crippen molar-refractivity contribution < 1.29 is 0 Å². The molecule has 1 aromatic heterocycles. The molecule has 0 amide bonds. The van der Waals surface area contributed by atoms with E-state index in [1.807, 2.05) is 12.4 Å². The molecule has 0 saturated heterocycles. The minimum absolute atomic E-state index is 0.964. The van der Waals surface area contributed by atoms with Gasteiger partial charge in [0.1, 0.15) is 0 Å². The largest absolute Gasteiger partial charge is 0.252 e. The van der Waals surface area contributed by atoms with Crippen molar-refractivity contribution in [3.05, 3.63) is 72.1 Å². The average Bonchev–Trinajstić information content (AvgIpc) is 2.71. The summed E-state index contributed by atoms with van der Waals surface area (Å²) in [6.45, 7) is 4.46. The predicted molar refractivity (Wildman–Crippen MR) is 110 cm³/mol. The van der Waals surface area contributed by atoms with E-state index >= 15 is 0 Å². The number of aryl methyl sites for hydroxylation is 2. The molecule has 0 atom stereocenters. The molecule has 2 heteroatoms. The first-order valence-corrected chi connectivity index (χ1v) is 9.82. The van der Waals surface area contributed by atoms with Crippen LogP contribution in [0.4, 0.5) is 0 Å². The van der Waals surface area contributed by atoms with Gasteiger partial charge in [-0.05, 0) is 36.8 Å². The number of hydrogen-bond acceptors (Lipinski definition) is 2. The SMILES string of the molecule is CCCCc1ccccc1-c1cnc(-c2ccccc2CCCC)cn1. The molecule has 0 aliphatic heterocycles. The highest BCUT2D eigenvalue weighted by Gasteiger charge is 2.09. The van der Waals surface area contributed by atoms with Crippen molar-refractivity contribution in [1.82, 2.24) is 9.97 Å². The smallest absolute Gasteiger partial charge is 0.0888 e. The molecule has 0 bridgehead atoms. The Hall–Kier alpha value is -2.48. The molecule has 2 nitrogen and oxygen atoms in total. The van der Waals surface area contributed by atoms with Crippen LogP contribution < -0.4 is 0 Å². The molecular formula is C24H28N2. The fourth-order valence-electron chi connectivity index (χ4n) is 3.32. The summed E-state index contributed by atoms with van der Waals surface area (Å²) >= 11 is 0. The number of hydrogen-bond donors (Lipinski definition) is 0. The molecule has 0 radical (unpaired) electrons. The van der Waals surface area contributed by atoms with Crippen LogP contribution in [0.5, 0.6) is 0 Å². The first-order valence-electron chi connectivity index (χ1n) is 9.82. The van der Waals surface area contributed by atoms with E-state index in [0.717, 1.165) is 24.2 Å². The van der Waals surface area contributed by atoms with Gasteiger partial charge in [-0.3, -0.25) is 9.97 Å². The fourth-order valence-corrected chi connectivity index (χ4v) is 3.32. The van der Waals surface area contributed by atoms with Gasteiger partial charge in [-0.15, -0.1) is 0 Å². The fraction of sp³-hybridized carbons (Fsp3) is 0.333. The highest BCUT2D eigenvalue weighted by atomic mass is 14.8. The van der Waals surface area contributed by atoms with E-state index in [1.165, 1.54) is 47.9 Å². The van der Waals surface area contributed by atoms with Gasteiger partial charge < -0.3 is 0 Å². The second kappa shape index (κ2) is 9.28. The minimum atomic E-state index is 0.964. The molecule has 0 unspecified atom stereocenters. The summed E-state index contributed by atoms with van der Waals surface area (Å²) in [5.74, 6) is 0. The summed E-state index contributed by atoms with van der Waals surface area (Å²) in [5, 5.41) is 0. The number of aromatic nitrogens is 2. The van der Waals surface area contributed by atoms with Gasteiger partial charge in [0.25, 0.3) is 0 Å². The number of unbranched alkanes of at least 4 members (excludes halogenated alkanes) is 2. The Kier molecular flexibility index (Phi) is 6.54. The van der Waals surface area contributed by atoms with Crippen molar-refractivity contribution in [2.45, 2.75) is 52.4 Å². The van der Waals surface area contributed by atoms with Gasteiger partial charge in [0.2, 0.25) is 0 Å². The quantitative estimate of drug-likeness (QED) is 0.466. The third kappa shape index (κ3) is 4.37. The van der Waals surface area contributed by atoms with Gasteiger partial charge >= 0.3 is 0 Å². The van der Waals surface area contributed by atoms with Crippen LogP contribution in [0.25, 0.3) is 22.5 Å². The molecule has 134 valence electrons. The molecular weight excluding hydrogens is 316 g/mol. The lowest BCUT2D eigenvalue weighted by atomic mass is 9.99. The van der Waals surface area contributed by atoms with E-state index in [4.69, 9.17) is 9.97 Å². The lowest BCUT2D eigenvalue weighted by molar-refractivity contribution is 0.795. The lowest BCUT2D eigenvalue weighted by Gasteiger charge is -2.11. The Labute approximate surface area is 157 Å². The number of benzene rings is 2. The Balaban J connectivity index is 1.89. The Morgan fingerprint density at radius 1 is 0.615 bits per heavy atom. The van der Waals surface area contributed by atoms with Gasteiger partial charge in [-0.25, -0.2) is 0 Å². The third-order valence-corrected chi connectivity index (χ3v) is 4.84. The van der Waals surface area contributed by atoms with Crippen LogP contribution in [0, 0.1) is 0 Å². The summed E-state index contributed by atoms with van der Waals surface area (Å²) in [5.41, 5.74) is 7.07. The Bertz CT molecular complexity index is 751. The van der Waals surface area contributed by atoms with Crippen LogP contribution in [0.2, 0.25) is 0 Å². The minimum Gasteiger partial charge on any atom is -0.252 e. The predicted octanol–water partition coefficient (Wildman–Crippen LogP) is 6.50. The summed E-state index contributed by atoms with van der Waals surface area (Å²) in [6.07, 6.45) is 10.8. The zero-order valence-corrected chi connectivity index (χ0v) is 15.9. The molecule has 0 aliphatic carbocycles. The summed E-state index contributed by atoms with van der Waals surface area (Å²) in [4.78, 5) is 9.51. The summed E-state index contributed by atoms with van der Waals surface area (Å²) < 4.78 is 0. The van der Waals surface area contributed by atoms with E-state index in [-0.39, 0.29) is 0 Å². The third-order valence-electron chi connectivity index (χ3n) is 4.84. The monoisotopic (exact) mass is 344 g/mol. The van der Waals surface area contributed by atoms with Crippen molar-refractivity contribution in [1.29, 1.82) is 0 Å². The summed E-state index contributed by atoms with van der Waals surface area (Å²) in [6, 6.07) is 17.1. The maximum absolute atomic E-state index is 4.75. The first-order chi connectivity index (χ1) is 12.8. The van der Waals surface area contributed by atoms with E-state index in [9.17, 15) is 0 Å². The van der Waals surface area contributed by atoms with Gasteiger partial charge in [-0.2, -0.15) is 0 Å². The second-order valence-electron chi connectivity index (χ2n) is 6.81. The van der Waals surface area contributed by atoms with Crippen LogP contribution in [-0.4, -0.2) is 9.97 Å². The van der Waals surface area contributed by atoms with Crippen molar-refractivity contribution in [2.75, 3.05) is 0 Å². The van der Waals surface area contributed by atoms with E-state index in [0.29, 0.717) is 0 Å². The maximum atomic E-state index is 4.75. The number of nitrogens with zero attached hydrogens (tertiary/aromatic N) is 2. The normalized spacial score (nSPS) is 10.8. The highest BCUT2D eigenvalue weighted by molar-refractivity contribution is 5.67. The standard InChI is InChI=1S/C24H28N2/c1-3-5-11-19-13-7-9-15-21(19)23-17-26-24(18-25-23)22-16-10-8-14-20(22)12-6-4-2/h7-10,13-18H,3-6,11-12H2,1-2H3. The molecule has 0 aliphatic rings. The first kappa shape index (κ1) is 18.3. The van der Waals surface area contributed by atoms with E-state index in [1.54, 1.807) is 0 Å². The molecule has 2 aromatic carbocycles. The van der Waals surface area contributed by atoms with Crippen LogP contribution in [0.3, 0.4) is 0 Å². The van der Waals surface area contributed by atoms with E-state index in [2.05, 4.69) is 62.4 Å². The van der Waals surface area contributed by atoms with Crippen molar-refractivity contribution >= 4 is 0 Å². The maximum Gasteiger partial charge on any atom is 0.0888 e. The highest BCUT2D eigenvalue weighted by Crippen LogP contribution is 2.26. The van der Waals surface area contributed by atoms with Gasteiger partial charge in [0, 0.05) is 11.1 Å². The van der Waals surface area contributed by atoms with Crippen LogP contribution in [0.1, 0.15) is 50.7 Å². The second-order valence-corrected chi connectivity index (χ2v) is 6.81. The van der Waals surface area contributed by atoms with Crippen molar-refractivity contribution in [3.8, 4) is 22.5 Å². The van der Waals surface area contributed by atoms with Crippen LogP contribution in [-0.2, 0) is 12.8 Å².